The van der Waals surface area contributed by atoms with E-state index in [1.165, 1.54) is 22.8 Å². The van der Waals surface area contributed by atoms with Gasteiger partial charge in [-0.2, -0.15) is 4.99 Å². The Morgan fingerprint density at radius 1 is 1.26 bits per heavy atom. The number of rotatable bonds is 5. The molecule has 0 N–H and O–H groups in total. The van der Waals surface area contributed by atoms with Gasteiger partial charge in [0.25, 0.3) is 5.56 Å². The van der Waals surface area contributed by atoms with Crippen molar-refractivity contribution in [3.05, 3.63) is 75.5 Å². The van der Waals surface area contributed by atoms with Crippen molar-refractivity contribution in [2.24, 2.45) is 4.99 Å². The van der Waals surface area contributed by atoms with E-state index in [0.717, 1.165) is 18.4 Å². The fourth-order valence-corrected chi connectivity index (χ4v) is 4.28. The molecule has 1 aliphatic heterocycles. The first-order valence-corrected chi connectivity index (χ1v) is 11.4. The summed E-state index contributed by atoms with van der Waals surface area (Å²) in [4.78, 5) is 48.5. The van der Waals surface area contributed by atoms with Gasteiger partial charge in [-0.3, -0.25) is 14.0 Å². The maximum absolute atomic E-state index is 13.5. The van der Waals surface area contributed by atoms with Gasteiger partial charge in [0, 0.05) is 12.8 Å². The third-order valence-electron chi connectivity index (χ3n) is 5.95. The predicted octanol–water partition coefficient (Wildman–Crippen LogP) is 2.65. The van der Waals surface area contributed by atoms with Gasteiger partial charge in [-0.05, 0) is 56.5 Å². The lowest BCUT2D eigenvalue weighted by molar-refractivity contribution is 0.0521. The minimum Gasteiger partial charge on any atom is -0.462 e. The molecule has 10 heteroatoms. The van der Waals surface area contributed by atoms with Crippen molar-refractivity contribution in [1.29, 1.82) is 0 Å². The lowest BCUT2D eigenvalue weighted by atomic mass is 10.1. The van der Waals surface area contributed by atoms with Gasteiger partial charge in [0.15, 0.2) is 11.2 Å². The van der Waals surface area contributed by atoms with Gasteiger partial charge in [-0.1, -0.05) is 6.07 Å². The minimum atomic E-state index is -0.699. The average molecular weight is 476 g/mol. The van der Waals surface area contributed by atoms with E-state index in [4.69, 9.17) is 18.9 Å². The van der Waals surface area contributed by atoms with E-state index in [-0.39, 0.29) is 47.0 Å². The van der Waals surface area contributed by atoms with Crippen LogP contribution in [0.3, 0.4) is 0 Å². The van der Waals surface area contributed by atoms with Crippen molar-refractivity contribution in [1.82, 2.24) is 14.0 Å². The zero-order valence-corrected chi connectivity index (χ0v) is 19.4. The largest absolute Gasteiger partial charge is 0.462 e. The van der Waals surface area contributed by atoms with Gasteiger partial charge < -0.3 is 18.5 Å². The van der Waals surface area contributed by atoms with E-state index in [9.17, 15) is 14.4 Å². The van der Waals surface area contributed by atoms with E-state index >= 15 is 0 Å². The highest BCUT2D eigenvalue weighted by atomic mass is 16.5. The molecule has 0 aliphatic carbocycles. The fourth-order valence-electron chi connectivity index (χ4n) is 4.28. The number of furan rings is 1. The summed E-state index contributed by atoms with van der Waals surface area (Å²) in [5.41, 5.74) is 1.26. The van der Waals surface area contributed by atoms with Crippen molar-refractivity contribution < 1.29 is 23.5 Å². The second kappa shape index (κ2) is 9.30. The topological polar surface area (TPSA) is 117 Å². The third-order valence-corrected chi connectivity index (χ3v) is 5.95. The molecule has 0 bridgehead atoms. The van der Waals surface area contributed by atoms with Crippen LogP contribution < -0.4 is 11.0 Å². The summed E-state index contributed by atoms with van der Waals surface area (Å²) >= 11 is 0. The van der Waals surface area contributed by atoms with Crippen LogP contribution in [0.15, 0.2) is 57.0 Å². The van der Waals surface area contributed by atoms with E-state index in [1.807, 2.05) is 13.0 Å². The summed E-state index contributed by atoms with van der Waals surface area (Å²) in [6.07, 6.45) is 4.48. The Morgan fingerprint density at radius 2 is 2.11 bits per heavy atom. The molecular weight excluding hydrogens is 452 g/mol. The highest BCUT2D eigenvalue weighted by molar-refractivity contribution is 5.95. The summed E-state index contributed by atoms with van der Waals surface area (Å²) in [5.74, 6) is -1.35. The molecule has 0 saturated carbocycles. The lowest BCUT2D eigenvalue weighted by Gasteiger charge is -2.18. The number of hydrogen-bond acceptors (Lipinski definition) is 7. The van der Waals surface area contributed by atoms with Crippen LogP contribution in [-0.2, 0) is 16.0 Å². The third kappa shape index (κ3) is 4.17. The lowest BCUT2D eigenvalue weighted by Crippen LogP contribution is -2.35. The molecule has 5 rings (SSSR count). The predicted molar refractivity (Wildman–Crippen MR) is 125 cm³/mol. The van der Waals surface area contributed by atoms with Gasteiger partial charge in [-0.15, -0.1) is 0 Å². The number of pyridine rings is 2. The number of fused-ring (bicyclic) bond motifs is 2. The van der Waals surface area contributed by atoms with Crippen LogP contribution in [0.2, 0.25) is 0 Å². The fraction of sp³-hybridized carbons (Fsp3) is 0.320. The van der Waals surface area contributed by atoms with Crippen molar-refractivity contribution in [3.63, 3.8) is 0 Å². The van der Waals surface area contributed by atoms with Crippen molar-refractivity contribution in [3.8, 4) is 0 Å². The van der Waals surface area contributed by atoms with Gasteiger partial charge in [0.05, 0.1) is 30.9 Å². The molecule has 0 unspecified atom stereocenters. The minimum absolute atomic E-state index is 0.0104. The molecule has 1 amide bonds. The van der Waals surface area contributed by atoms with Crippen molar-refractivity contribution >= 4 is 28.6 Å². The molecule has 4 aromatic heterocycles. The molecule has 1 atom stereocenters. The van der Waals surface area contributed by atoms with Crippen LogP contribution in [0, 0.1) is 6.92 Å². The monoisotopic (exact) mass is 476 g/mol. The first-order chi connectivity index (χ1) is 17.0. The molecule has 1 fully saturated rings. The molecule has 0 radical (unpaired) electrons. The maximum atomic E-state index is 13.5. The number of amides is 1. The van der Waals surface area contributed by atoms with Crippen LogP contribution in [0.25, 0.3) is 16.7 Å². The van der Waals surface area contributed by atoms with Gasteiger partial charge in [0.1, 0.15) is 16.9 Å². The molecule has 4 aromatic rings. The molecule has 0 aromatic carbocycles. The Kier molecular flexibility index (Phi) is 6.04. The summed E-state index contributed by atoms with van der Waals surface area (Å²) in [7, 11) is 0. The zero-order chi connectivity index (χ0) is 24.5. The van der Waals surface area contributed by atoms with Crippen LogP contribution in [0.1, 0.15) is 46.2 Å². The van der Waals surface area contributed by atoms with Crippen molar-refractivity contribution in [2.45, 2.75) is 39.3 Å². The average Bonchev–Trinajstić information content (AvgIpc) is 3.56. The van der Waals surface area contributed by atoms with Gasteiger partial charge >= 0.3 is 11.9 Å². The Hall–Kier alpha value is -4.05. The van der Waals surface area contributed by atoms with E-state index in [2.05, 4.69) is 4.99 Å². The maximum Gasteiger partial charge on any atom is 0.341 e. The first kappa shape index (κ1) is 22.7. The molecule has 0 spiro atoms. The second-order valence-electron chi connectivity index (χ2n) is 8.28. The summed E-state index contributed by atoms with van der Waals surface area (Å²) in [6, 6.07) is 8.08. The number of aromatic nitrogens is 3. The summed E-state index contributed by atoms with van der Waals surface area (Å²) in [5, 5.41) is 0.207. The molecular formula is C25H24N4O6. The molecule has 5 heterocycles. The first-order valence-electron chi connectivity index (χ1n) is 11.4. The van der Waals surface area contributed by atoms with Crippen LogP contribution >= 0.6 is 0 Å². The molecule has 10 nitrogen and oxygen atoms in total. The summed E-state index contributed by atoms with van der Waals surface area (Å²) in [6.45, 7) is 4.51. The summed E-state index contributed by atoms with van der Waals surface area (Å²) < 4.78 is 19.3. The zero-order valence-electron chi connectivity index (χ0n) is 19.4. The number of hydrogen-bond donors (Lipinski definition) is 0. The molecule has 1 saturated heterocycles. The normalized spacial score (nSPS) is 16.3. The molecule has 35 heavy (non-hydrogen) atoms. The SMILES string of the molecule is CCOC(=O)c1cc2c(=O)n3cccc(C)c3nc2n(C[C@H]2CCCO2)c1=NC(=O)c1ccco1. The number of carbonyl (C=O) groups excluding carboxylic acids is 2. The molecule has 180 valence electrons. The van der Waals surface area contributed by atoms with Gasteiger partial charge in [0.2, 0.25) is 0 Å². The number of ether oxygens (including phenoxy) is 2. The smallest absolute Gasteiger partial charge is 0.341 e. The van der Waals surface area contributed by atoms with Crippen molar-refractivity contribution in [2.75, 3.05) is 13.2 Å². The van der Waals surface area contributed by atoms with Crippen LogP contribution in [0.4, 0.5) is 0 Å². The van der Waals surface area contributed by atoms with Crippen LogP contribution in [0.5, 0.6) is 0 Å². The highest BCUT2D eigenvalue weighted by Gasteiger charge is 2.24. The number of esters is 1. The highest BCUT2D eigenvalue weighted by Crippen LogP contribution is 2.18. The Balaban J connectivity index is 1.89. The van der Waals surface area contributed by atoms with E-state index in [0.29, 0.717) is 17.9 Å². The van der Waals surface area contributed by atoms with Crippen LogP contribution in [-0.4, -0.2) is 45.1 Å². The Morgan fingerprint density at radius 3 is 2.83 bits per heavy atom. The van der Waals surface area contributed by atoms with E-state index in [1.54, 1.807) is 29.8 Å². The number of aryl methyl sites for hydroxylation is 1. The Bertz CT molecular complexity index is 1560. The van der Waals surface area contributed by atoms with E-state index < -0.39 is 11.9 Å². The quantitative estimate of drug-likeness (QED) is 0.321. The second-order valence-corrected chi connectivity index (χ2v) is 8.28. The number of nitrogens with zero attached hydrogens (tertiary/aromatic N) is 4. The number of carbonyl (C=O) groups is 2. The standard InChI is InChI=1S/C25H24N4O6/c1-3-33-25(32)18-13-17-21(26-20-15(2)7-4-10-28(20)24(17)31)29(14-16-8-5-11-34-16)22(18)27-23(30)19-9-6-12-35-19/h4,6-7,9-10,12-13,16H,3,5,8,11,14H2,1-2H3/t16-/m1/s1. The molecule has 1 aliphatic rings. The Labute approximate surface area is 199 Å². The van der Waals surface area contributed by atoms with Gasteiger partial charge in [-0.25, -0.2) is 9.78 Å².